The van der Waals surface area contributed by atoms with E-state index in [0.717, 1.165) is 11.3 Å². The van der Waals surface area contributed by atoms with Gasteiger partial charge in [-0.2, -0.15) is 0 Å². The van der Waals surface area contributed by atoms with Gasteiger partial charge in [0.1, 0.15) is 23.4 Å². The van der Waals surface area contributed by atoms with Crippen molar-refractivity contribution >= 4 is 5.69 Å². The van der Waals surface area contributed by atoms with Crippen LogP contribution in [0.4, 0.5) is 5.69 Å². The highest BCUT2D eigenvalue weighted by Gasteiger charge is 2.09. The third kappa shape index (κ3) is 3.35. The van der Waals surface area contributed by atoms with Gasteiger partial charge in [-0.05, 0) is 24.6 Å². The van der Waals surface area contributed by atoms with Crippen LogP contribution in [0.1, 0.15) is 18.6 Å². The van der Waals surface area contributed by atoms with Gasteiger partial charge in [0, 0.05) is 23.9 Å². The van der Waals surface area contributed by atoms with E-state index in [9.17, 15) is 0 Å². The monoisotopic (exact) mass is 273 g/mol. The van der Waals surface area contributed by atoms with E-state index < -0.39 is 0 Å². The number of nitrogens with two attached hydrogens (primary N) is 1. The molecule has 106 valence electrons. The Balaban J connectivity index is 2.18. The molecule has 20 heavy (non-hydrogen) atoms. The van der Waals surface area contributed by atoms with Crippen LogP contribution in [0.5, 0.6) is 17.2 Å². The third-order valence-electron chi connectivity index (χ3n) is 3.04. The first-order chi connectivity index (χ1) is 9.62. The Morgan fingerprint density at radius 3 is 1.85 bits per heavy atom. The SMILES string of the molecule is COc1cc(OC)cc(OC(C)c2ccc(N)cc2)c1. The minimum absolute atomic E-state index is 0.0904. The number of methoxy groups -OCH3 is 2. The lowest BCUT2D eigenvalue weighted by Gasteiger charge is -2.16. The lowest BCUT2D eigenvalue weighted by atomic mass is 10.1. The van der Waals surface area contributed by atoms with Crippen molar-refractivity contribution in [1.29, 1.82) is 0 Å². The lowest BCUT2D eigenvalue weighted by Crippen LogP contribution is -2.03. The van der Waals surface area contributed by atoms with Crippen LogP contribution < -0.4 is 19.9 Å². The van der Waals surface area contributed by atoms with E-state index in [0.29, 0.717) is 17.2 Å². The van der Waals surface area contributed by atoms with E-state index in [4.69, 9.17) is 19.9 Å². The number of ether oxygens (including phenoxy) is 3. The summed E-state index contributed by atoms with van der Waals surface area (Å²) in [4.78, 5) is 0. The maximum atomic E-state index is 5.92. The summed E-state index contributed by atoms with van der Waals surface area (Å²) < 4.78 is 16.4. The van der Waals surface area contributed by atoms with Gasteiger partial charge in [-0.3, -0.25) is 0 Å². The van der Waals surface area contributed by atoms with Crippen molar-refractivity contribution in [3.8, 4) is 17.2 Å². The molecule has 2 aromatic rings. The molecule has 0 fully saturated rings. The maximum absolute atomic E-state index is 5.92. The van der Waals surface area contributed by atoms with Gasteiger partial charge in [-0.25, -0.2) is 0 Å². The lowest BCUT2D eigenvalue weighted by molar-refractivity contribution is 0.224. The van der Waals surface area contributed by atoms with Gasteiger partial charge >= 0.3 is 0 Å². The molecule has 2 aromatic carbocycles. The number of rotatable bonds is 5. The van der Waals surface area contributed by atoms with E-state index in [1.807, 2.05) is 43.3 Å². The molecule has 0 saturated heterocycles. The van der Waals surface area contributed by atoms with Crippen LogP contribution in [0, 0.1) is 0 Å². The molecule has 0 amide bonds. The van der Waals surface area contributed by atoms with Crippen LogP contribution >= 0.6 is 0 Å². The zero-order valence-corrected chi connectivity index (χ0v) is 11.9. The fourth-order valence-electron chi connectivity index (χ4n) is 1.89. The van der Waals surface area contributed by atoms with E-state index in [1.165, 1.54) is 0 Å². The summed E-state index contributed by atoms with van der Waals surface area (Å²) >= 11 is 0. The molecule has 2 N–H and O–H groups in total. The van der Waals surface area contributed by atoms with Crippen LogP contribution in [0.15, 0.2) is 42.5 Å². The topological polar surface area (TPSA) is 53.7 Å². The average Bonchev–Trinajstić information content (AvgIpc) is 2.47. The molecule has 1 unspecified atom stereocenters. The standard InChI is InChI=1S/C16H19NO3/c1-11(12-4-6-13(17)7-5-12)20-16-9-14(18-2)8-15(10-16)19-3/h4-11H,17H2,1-3H3. The molecule has 4 nitrogen and oxygen atoms in total. The Kier molecular flexibility index (Phi) is 4.35. The smallest absolute Gasteiger partial charge is 0.127 e. The Morgan fingerprint density at radius 2 is 1.35 bits per heavy atom. The zero-order valence-electron chi connectivity index (χ0n) is 11.9. The van der Waals surface area contributed by atoms with Crippen molar-refractivity contribution in [2.75, 3.05) is 20.0 Å². The average molecular weight is 273 g/mol. The molecule has 0 spiro atoms. The first kappa shape index (κ1) is 14.1. The van der Waals surface area contributed by atoms with E-state index in [2.05, 4.69) is 0 Å². The van der Waals surface area contributed by atoms with Crippen LogP contribution in [0.2, 0.25) is 0 Å². The summed E-state index contributed by atoms with van der Waals surface area (Å²) in [6.07, 6.45) is -0.0904. The molecular weight excluding hydrogens is 254 g/mol. The number of hydrogen-bond donors (Lipinski definition) is 1. The van der Waals surface area contributed by atoms with Crippen LogP contribution in [0.25, 0.3) is 0 Å². The maximum Gasteiger partial charge on any atom is 0.127 e. The van der Waals surface area contributed by atoms with Crippen LogP contribution in [-0.2, 0) is 0 Å². The van der Waals surface area contributed by atoms with Crippen molar-refractivity contribution in [2.45, 2.75) is 13.0 Å². The van der Waals surface area contributed by atoms with Gasteiger partial charge in [-0.15, -0.1) is 0 Å². The molecule has 0 radical (unpaired) electrons. The summed E-state index contributed by atoms with van der Waals surface area (Å²) in [7, 11) is 3.23. The second-order valence-corrected chi connectivity index (χ2v) is 4.48. The minimum atomic E-state index is -0.0904. The van der Waals surface area contributed by atoms with Crippen molar-refractivity contribution < 1.29 is 14.2 Å². The highest BCUT2D eigenvalue weighted by atomic mass is 16.5. The van der Waals surface area contributed by atoms with E-state index >= 15 is 0 Å². The number of nitrogen functional groups attached to an aromatic ring is 1. The zero-order chi connectivity index (χ0) is 14.5. The number of hydrogen-bond acceptors (Lipinski definition) is 4. The predicted molar refractivity (Wildman–Crippen MR) is 79.4 cm³/mol. The van der Waals surface area contributed by atoms with Gasteiger partial charge in [0.05, 0.1) is 14.2 Å². The van der Waals surface area contributed by atoms with Gasteiger partial charge < -0.3 is 19.9 Å². The van der Waals surface area contributed by atoms with Crippen molar-refractivity contribution in [3.63, 3.8) is 0 Å². The number of benzene rings is 2. The molecule has 0 aliphatic heterocycles. The van der Waals surface area contributed by atoms with Crippen molar-refractivity contribution in [2.24, 2.45) is 0 Å². The first-order valence-electron chi connectivity index (χ1n) is 6.37. The Labute approximate surface area is 119 Å². The molecule has 2 rings (SSSR count). The quantitative estimate of drug-likeness (QED) is 0.848. The molecule has 1 atom stereocenters. The molecular formula is C16H19NO3. The van der Waals surface area contributed by atoms with E-state index in [1.54, 1.807) is 20.3 Å². The molecule has 0 aromatic heterocycles. The molecule has 0 aliphatic rings. The highest BCUT2D eigenvalue weighted by Crippen LogP contribution is 2.30. The van der Waals surface area contributed by atoms with Crippen molar-refractivity contribution in [1.82, 2.24) is 0 Å². The van der Waals surface area contributed by atoms with E-state index in [-0.39, 0.29) is 6.10 Å². The van der Waals surface area contributed by atoms with Gasteiger partial charge in [0.2, 0.25) is 0 Å². The summed E-state index contributed by atoms with van der Waals surface area (Å²) in [6, 6.07) is 13.1. The Bertz CT molecular complexity index is 544. The van der Waals surface area contributed by atoms with Crippen molar-refractivity contribution in [3.05, 3.63) is 48.0 Å². The predicted octanol–water partition coefficient (Wildman–Crippen LogP) is 3.43. The second kappa shape index (κ2) is 6.19. The van der Waals surface area contributed by atoms with Gasteiger partial charge in [0.25, 0.3) is 0 Å². The molecule has 4 heteroatoms. The fraction of sp³-hybridized carbons (Fsp3) is 0.250. The minimum Gasteiger partial charge on any atom is -0.496 e. The molecule has 0 heterocycles. The third-order valence-corrected chi connectivity index (χ3v) is 3.04. The Hall–Kier alpha value is -2.36. The summed E-state index contributed by atoms with van der Waals surface area (Å²) in [5.74, 6) is 2.10. The fourth-order valence-corrected chi connectivity index (χ4v) is 1.89. The highest BCUT2D eigenvalue weighted by molar-refractivity contribution is 5.43. The second-order valence-electron chi connectivity index (χ2n) is 4.48. The summed E-state index contributed by atoms with van der Waals surface area (Å²) in [5.41, 5.74) is 7.48. The molecule has 0 saturated carbocycles. The van der Waals surface area contributed by atoms with Crippen LogP contribution in [0.3, 0.4) is 0 Å². The largest absolute Gasteiger partial charge is 0.496 e. The molecule has 0 bridgehead atoms. The normalized spacial score (nSPS) is 11.8. The van der Waals surface area contributed by atoms with Gasteiger partial charge in [0.15, 0.2) is 0 Å². The number of anilines is 1. The summed E-state index contributed by atoms with van der Waals surface area (Å²) in [6.45, 7) is 1.98. The van der Waals surface area contributed by atoms with Crippen LogP contribution in [-0.4, -0.2) is 14.2 Å². The first-order valence-corrected chi connectivity index (χ1v) is 6.37. The van der Waals surface area contributed by atoms with Gasteiger partial charge in [-0.1, -0.05) is 12.1 Å². The summed E-state index contributed by atoms with van der Waals surface area (Å²) in [5, 5.41) is 0. The molecule has 0 aliphatic carbocycles. The Morgan fingerprint density at radius 1 is 0.850 bits per heavy atom.